The summed E-state index contributed by atoms with van der Waals surface area (Å²) in [5.74, 6) is 0.0891. The number of fused-ring (bicyclic) bond motifs is 1. The number of carbonyl (C=O) groups is 2. The number of nitrogens with zero attached hydrogens (tertiary/aromatic N) is 1. The molecule has 1 aromatic rings. The fourth-order valence-electron chi connectivity index (χ4n) is 4.04. The molecule has 0 spiro atoms. The molecule has 1 unspecified atom stereocenters. The zero-order valence-electron chi connectivity index (χ0n) is 18.0. The molecule has 3 N–H and O–H groups in total. The van der Waals surface area contributed by atoms with E-state index >= 15 is 0 Å². The number of amidine groups is 1. The van der Waals surface area contributed by atoms with Crippen LogP contribution in [-0.4, -0.2) is 45.2 Å². The predicted octanol–water partition coefficient (Wildman–Crippen LogP) is 2.10. The van der Waals surface area contributed by atoms with E-state index in [1.165, 1.54) is 12.5 Å². The molecule has 1 aliphatic heterocycles. The number of aliphatic imine (C=N–C) groups is 1. The van der Waals surface area contributed by atoms with Crippen molar-refractivity contribution in [3.63, 3.8) is 0 Å². The lowest BCUT2D eigenvalue weighted by molar-refractivity contribution is -0.126. The molecule has 9 heteroatoms. The Labute approximate surface area is 184 Å². The van der Waals surface area contributed by atoms with Crippen molar-refractivity contribution >= 4 is 27.7 Å². The monoisotopic (exact) mass is 448 g/mol. The highest BCUT2D eigenvalue weighted by molar-refractivity contribution is 7.90. The van der Waals surface area contributed by atoms with Gasteiger partial charge in [-0.25, -0.2) is 8.42 Å². The van der Waals surface area contributed by atoms with Crippen LogP contribution in [0.15, 0.2) is 34.2 Å². The van der Waals surface area contributed by atoms with Crippen LogP contribution < -0.4 is 15.4 Å². The summed E-state index contributed by atoms with van der Waals surface area (Å²) >= 11 is 0. The van der Waals surface area contributed by atoms with Gasteiger partial charge in [-0.2, -0.15) is 0 Å². The molecular weight excluding hydrogens is 416 g/mol. The van der Waals surface area contributed by atoms with E-state index in [0.717, 1.165) is 38.5 Å². The topological polar surface area (TPSA) is 117 Å². The minimum absolute atomic E-state index is 0.0636. The van der Waals surface area contributed by atoms with E-state index in [1.54, 1.807) is 18.2 Å². The van der Waals surface area contributed by atoms with Gasteiger partial charge in [-0.15, -0.1) is 0 Å². The average Bonchev–Trinajstić information content (AvgIpc) is 3.04. The molecule has 31 heavy (non-hydrogen) atoms. The molecule has 3 rings (SSSR count). The first kappa shape index (κ1) is 23.2. The van der Waals surface area contributed by atoms with Crippen LogP contribution in [0.1, 0.15) is 63.9 Å². The highest BCUT2D eigenvalue weighted by Gasteiger charge is 2.31. The quantitative estimate of drug-likeness (QED) is 0.502. The number of sulfonamides is 1. The van der Waals surface area contributed by atoms with Crippen molar-refractivity contribution in [2.75, 3.05) is 13.1 Å². The molecule has 2 aliphatic rings. The minimum atomic E-state index is -3.65. The van der Waals surface area contributed by atoms with E-state index in [4.69, 9.17) is 0 Å². The van der Waals surface area contributed by atoms with Crippen LogP contribution in [0.4, 0.5) is 0 Å². The SMILES string of the molecule is CCCCC(N=C1NS(=O)(=O)c2ccccc21)C(=O)NCCNC(=O)C1CCCCC1. The highest BCUT2D eigenvalue weighted by atomic mass is 32.2. The Morgan fingerprint density at radius 2 is 1.84 bits per heavy atom. The number of nitrogens with one attached hydrogen (secondary N) is 3. The van der Waals surface area contributed by atoms with E-state index < -0.39 is 16.1 Å². The van der Waals surface area contributed by atoms with Gasteiger partial charge in [0.05, 0.1) is 4.90 Å². The summed E-state index contributed by atoms with van der Waals surface area (Å²) in [5.41, 5.74) is 0.483. The average molecular weight is 449 g/mol. The number of hydrogen-bond acceptors (Lipinski definition) is 5. The zero-order chi connectivity index (χ0) is 22.3. The van der Waals surface area contributed by atoms with Gasteiger partial charge in [0, 0.05) is 24.6 Å². The maximum Gasteiger partial charge on any atom is 0.263 e. The minimum Gasteiger partial charge on any atom is -0.354 e. The number of rotatable bonds is 9. The van der Waals surface area contributed by atoms with Crippen LogP contribution in [-0.2, 0) is 19.6 Å². The Hall–Kier alpha value is -2.42. The second kappa shape index (κ2) is 10.7. The third-order valence-electron chi connectivity index (χ3n) is 5.78. The second-order valence-electron chi connectivity index (χ2n) is 8.15. The van der Waals surface area contributed by atoms with E-state index in [2.05, 4.69) is 20.3 Å². The summed E-state index contributed by atoms with van der Waals surface area (Å²) in [6.45, 7) is 2.71. The van der Waals surface area contributed by atoms with Gasteiger partial charge in [0.15, 0.2) is 0 Å². The molecule has 1 aromatic carbocycles. The molecule has 0 bridgehead atoms. The van der Waals surface area contributed by atoms with Gasteiger partial charge in [-0.05, 0) is 31.4 Å². The molecule has 1 aliphatic carbocycles. The predicted molar refractivity (Wildman–Crippen MR) is 119 cm³/mol. The summed E-state index contributed by atoms with van der Waals surface area (Å²) in [4.78, 5) is 29.6. The number of benzene rings is 1. The second-order valence-corrected chi connectivity index (χ2v) is 9.81. The lowest BCUT2D eigenvalue weighted by atomic mass is 9.89. The molecule has 1 fully saturated rings. The first-order valence-corrected chi connectivity index (χ1v) is 12.7. The third-order valence-corrected chi connectivity index (χ3v) is 7.18. The number of amides is 2. The Kier molecular flexibility index (Phi) is 8.06. The molecule has 0 saturated heterocycles. The molecule has 1 saturated carbocycles. The Balaban J connectivity index is 1.58. The van der Waals surface area contributed by atoms with Crippen LogP contribution in [0, 0.1) is 5.92 Å². The van der Waals surface area contributed by atoms with Crippen molar-refractivity contribution in [3.8, 4) is 0 Å². The van der Waals surface area contributed by atoms with Crippen molar-refractivity contribution in [3.05, 3.63) is 29.8 Å². The maximum atomic E-state index is 12.7. The summed E-state index contributed by atoms with van der Waals surface area (Å²) < 4.78 is 27.1. The number of hydrogen-bond donors (Lipinski definition) is 3. The smallest absolute Gasteiger partial charge is 0.263 e. The fraction of sp³-hybridized carbons (Fsp3) is 0.591. The van der Waals surface area contributed by atoms with Crippen molar-refractivity contribution in [2.24, 2.45) is 10.9 Å². The van der Waals surface area contributed by atoms with Crippen LogP contribution in [0.5, 0.6) is 0 Å². The van der Waals surface area contributed by atoms with Crippen LogP contribution in [0.2, 0.25) is 0 Å². The van der Waals surface area contributed by atoms with E-state index in [1.807, 2.05) is 6.92 Å². The van der Waals surface area contributed by atoms with Crippen LogP contribution >= 0.6 is 0 Å². The molecule has 1 atom stereocenters. The van der Waals surface area contributed by atoms with E-state index in [-0.39, 0.29) is 28.5 Å². The van der Waals surface area contributed by atoms with E-state index in [9.17, 15) is 18.0 Å². The Bertz CT molecular complexity index is 923. The fourth-order valence-corrected chi connectivity index (χ4v) is 5.27. The van der Waals surface area contributed by atoms with Gasteiger partial charge in [0.2, 0.25) is 11.8 Å². The molecule has 0 aromatic heterocycles. The molecule has 1 heterocycles. The first-order valence-electron chi connectivity index (χ1n) is 11.2. The zero-order valence-corrected chi connectivity index (χ0v) is 18.8. The van der Waals surface area contributed by atoms with Crippen molar-refractivity contribution < 1.29 is 18.0 Å². The number of carbonyl (C=O) groups excluding carboxylic acids is 2. The molecule has 2 amide bonds. The van der Waals surface area contributed by atoms with Crippen LogP contribution in [0.3, 0.4) is 0 Å². The van der Waals surface area contributed by atoms with Gasteiger partial charge in [0.25, 0.3) is 10.0 Å². The summed E-state index contributed by atoms with van der Waals surface area (Å²) in [7, 11) is -3.65. The van der Waals surface area contributed by atoms with Gasteiger partial charge in [0.1, 0.15) is 11.9 Å². The molecule has 170 valence electrons. The summed E-state index contributed by atoms with van der Waals surface area (Å²) in [5, 5.41) is 5.74. The molecule has 8 nitrogen and oxygen atoms in total. The standard InChI is InChI=1S/C22H32N4O4S/c1-2-3-12-18(25-20-17-11-7-8-13-19(17)31(29,30)26-20)22(28)24-15-14-23-21(27)16-9-5-4-6-10-16/h7-8,11,13,16,18H,2-6,9-10,12,14-15H2,1H3,(H,23,27)(H,24,28)(H,25,26). The first-order chi connectivity index (χ1) is 14.9. The lowest BCUT2D eigenvalue weighted by Gasteiger charge is -2.21. The lowest BCUT2D eigenvalue weighted by Crippen LogP contribution is -2.41. The molecular formula is C22H32N4O4S. The maximum absolute atomic E-state index is 12.7. The van der Waals surface area contributed by atoms with Crippen LogP contribution in [0.25, 0.3) is 0 Å². The largest absolute Gasteiger partial charge is 0.354 e. The third kappa shape index (κ3) is 6.06. The van der Waals surface area contributed by atoms with Gasteiger partial charge < -0.3 is 10.6 Å². The normalized spacial score (nSPS) is 20.0. The number of unbranched alkanes of at least 4 members (excludes halogenated alkanes) is 1. The van der Waals surface area contributed by atoms with Gasteiger partial charge in [-0.3, -0.25) is 19.3 Å². The summed E-state index contributed by atoms with van der Waals surface area (Å²) in [6.07, 6.45) is 7.48. The van der Waals surface area contributed by atoms with Gasteiger partial charge in [-0.1, -0.05) is 51.2 Å². The highest BCUT2D eigenvalue weighted by Crippen LogP contribution is 2.24. The molecule has 0 radical (unpaired) electrons. The van der Waals surface area contributed by atoms with Crippen molar-refractivity contribution in [1.82, 2.24) is 15.4 Å². The van der Waals surface area contributed by atoms with Crippen molar-refractivity contribution in [2.45, 2.75) is 69.2 Å². The Morgan fingerprint density at radius 1 is 1.13 bits per heavy atom. The van der Waals surface area contributed by atoms with E-state index in [0.29, 0.717) is 25.1 Å². The Morgan fingerprint density at radius 3 is 2.58 bits per heavy atom. The van der Waals surface area contributed by atoms with Gasteiger partial charge >= 0.3 is 0 Å². The summed E-state index contributed by atoms with van der Waals surface area (Å²) in [6, 6.07) is 5.91. The van der Waals surface area contributed by atoms with Crippen molar-refractivity contribution in [1.29, 1.82) is 0 Å².